The first kappa shape index (κ1) is 9.54. The predicted octanol–water partition coefficient (Wildman–Crippen LogP) is 3.16. The molecule has 0 aliphatic rings. The van der Waals surface area contributed by atoms with E-state index in [0.717, 1.165) is 21.5 Å². The first-order valence-electron chi connectivity index (χ1n) is 4.88. The second kappa shape index (κ2) is 3.72. The summed E-state index contributed by atoms with van der Waals surface area (Å²) >= 11 is 3.36. The van der Waals surface area contributed by atoms with Crippen molar-refractivity contribution in [2.24, 2.45) is 0 Å². The number of pyridine rings is 2. The van der Waals surface area contributed by atoms with Crippen molar-refractivity contribution in [2.75, 3.05) is 0 Å². The van der Waals surface area contributed by atoms with Crippen LogP contribution in [0.5, 0.6) is 0 Å². The lowest BCUT2D eigenvalue weighted by atomic mass is 10.3. The molecular formula is C12H8BrN3. The smallest absolute Gasteiger partial charge is 0.137 e. The minimum Gasteiger partial charge on any atom is -0.306 e. The number of imidazole rings is 1. The van der Waals surface area contributed by atoms with Crippen molar-refractivity contribution in [3.05, 3.63) is 53.4 Å². The fraction of sp³-hybridized carbons (Fsp3) is 0. The Morgan fingerprint density at radius 2 is 2.00 bits per heavy atom. The molecule has 0 fully saturated rings. The summed E-state index contributed by atoms with van der Waals surface area (Å²) in [5.74, 6) is 0. The van der Waals surface area contributed by atoms with Crippen LogP contribution in [-0.2, 0) is 0 Å². The molecule has 0 radical (unpaired) electrons. The zero-order chi connectivity index (χ0) is 11.0. The van der Waals surface area contributed by atoms with E-state index < -0.39 is 0 Å². The van der Waals surface area contributed by atoms with Crippen molar-refractivity contribution in [1.82, 2.24) is 14.4 Å². The van der Waals surface area contributed by atoms with Gasteiger partial charge in [0.15, 0.2) is 0 Å². The summed E-state index contributed by atoms with van der Waals surface area (Å²) in [6.45, 7) is 0. The van der Waals surface area contributed by atoms with Crippen molar-refractivity contribution < 1.29 is 0 Å². The lowest BCUT2D eigenvalue weighted by Crippen LogP contribution is -1.81. The average molecular weight is 274 g/mol. The third-order valence-electron chi connectivity index (χ3n) is 2.35. The summed E-state index contributed by atoms with van der Waals surface area (Å²) in [6.07, 6.45) is 5.73. The van der Waals surface area contributed by atoms with Gasteiger partial charge >= 0.3 is 0 Å². The topological polar surface area (TPSA) is 30.2 Å². The Labute approximate surface area is 101 Å². The van der Waals surface area contributed by atoms with Gasteiger partial charge in [-0.2, -0.15) is 0 Å². The monoisotopic (exact) mass is 273 g/mol. The van der Waals surface area contributed by atoms with Gasteiger partial charge in [-0.05, 0) is 40.2 Å². The van der Waals surface area contributed by atoms with E-state index in [9.17, 15) is 0 Å². The van der Waals surface area contributed by atoms with Gasteiger partial charge in [0, 0.05) is 23.1 Å². The van der Waals surface area contributed by atoms with E-state index in [2.05, 4.69) is 25.9 Å². The molecule has 16 heavy (non-hydrogen) atoms. The molecule has 0 spiro atoms. The Morgan fingerprint density at radius 3 is 2.75 bits per heavy atom. The van der Waals surface area contributed by atoms with Crippen LogP contribution in [-0.4, -0.2) is 14.4 Å². The van der Waals surface area contributed by atoms with E-state index in [1.165, 1.54) is 0 Å². The molecule has 0 aliphatic heterocycles. The van der Waals surface area contributed by atoms with Crippen LogP contribution in [0.1, 0.15) is 0 Å². The molecule has 0 aliphatic carbocycles. The molecule has 0 amide bonds. The molecule has 4 heteroatoms. The molecule has 0 bridgehead atoms. The number of hydrogen-bond donors (Lipinski definition) is 0. The van der Waals surface area contributed by atoms with E-state index in [1.807, 2.05) is 47.1 Å². The molecule has 0 saturated carbocycles. The van der Waals surface area contributed by atoms with Gasteiger partial charge in [0.1, 0.15) is 11.3 Å². The van der Waals surface area contributed by atoms with Crippen LogP contribution in [0.15, 0.2) is 53.4 Å². The van der Waals surface area contributed by atoms with Gasteiger partial charge in [-0.25, -0.2) is 4.98 Å². The Balaban J connectivity index is 2.15. The zero-order valence-corrected chi connectivity index (χ0v) is 9.92. The third kappa shape index (κ3) is 1.61. The molecule has 3 rings (SSSR count). The highest BCUT2D eigenvalue weighted by Gasteiger charge is 2.04. The van der Waals surface area contributed by atoms with Gasteiger partial charge in [-0.15, -0.1) is 0 Å². The number of hydrogen-bond acceptors (Lipinski definition) is 2. The number of aromatic nitrogens is 3. The van der Waals surface area contributed by atoms with Crippen molar-refractivity contribution in [3.8, 4) is 11.4 Å². The quantitative estimate of drug-likeness (QED) is 0.682. The van der Waals surface area contributed by atoms with Crippen molar-refractivity contribution >= 4 is 21.6 Å². The predicted molar refractivity (Wildman–Crippen MR) is 66.1 cm³/mol. The summed E-state index contributed by atoms with van der Waals surface area (Å²) in [5.41, 5.74) is 2.70. The lowest BCUT2D eigenvalue weighted by molar-refractivity contribution is 1.19. The molecule has 0 unspecified atom stereocenters. The van der Waals surface area contributed by atoms with Gasteiger partial charge in [0.05, 0.1) is 5.69 Å². The maximum absolute atomic E-state index is 4.50. The molecular weight excluding hydrogens is 266 g/mol. The summed E-state index contributed by atoms with van der Waals surface area (Å²) < 4.78 is 2.96. The van der Waals surface area contributed by atoms with Crippen LogP contribution in [0.2, 0.25) is 0 Å². The van der Waals surface area contributed by atoms with Crippen molar-refractivity contribution in [2.45, 2.75) is 0 Å². The van der Waals surface area contributed by atoms with Gasteiger partial charge in [0.2, 0.25) is 0 Å². The fourth-order valence-electron chi connectivity index (χ4n) is 1.59. The number of rotatable bonds is 1. The summed E-state index contributed by atoms with van der Waals surface area (Å²) in [5, 5.41) is 0. The summed E-state index contributed by atoms with van der Waals surface area (Å²) in [4.78, 5) is 8.82. The highest BCUT2D eigenvalue weighted by Crippen LogP contribution is 2.18. The minimum atomic E-state index is 0.881. The van der Waals surface area contributed by atoms with Crippen LogP contribution in [0.25, 0.3) is 17.0 Å². The molecule has 3 heterocycles. The highest BCUT2D eigenvalue weighted by atomic mass is 79.9. The fourth-order valence-corrected chi connectivity index (χ4v) is 1.82. The molecule has 3 aromatic rings. The molecule has 0 aromatic carbocycles. The molecule has 3 nitrogen and oxygen atoms in total. The van der Waals surface area contributed by atoms with E-state index in [4.69, 9.17) is 0 Å². The Hall–Kier alpha value is -1.68. The van der Waals surface area contributed by atoms with E-state index in [0.29, 0.717) is 0 Å². The highest BCUT2D eigenvalue weighted by molar-refractivity contribution is 9.10. The SMILES string of the molecule is Brc1ccc(-c2cn3ccccc3n2)nc1. The number of nitrogens with zero attached hydrogens (tertiary/aromatic N) is 3. The van der Waals surface area contributed by atoms with Gasteiger partial charge < -0.3 is 4.40 Å². The third-order valence-corrected chi connectivity index (χ3v) is 2.82. The van der Waals surface area contributed by atoms with E-state index >= 15 is 0 Å². The second-order valence-electron chi connectivity index (χ2n) is 3.45. The van der Waals surface area contributed by atoms with Gasteiger partial charge in [-0.1, -0.05) is 6.07 Å². The molecule has 0 N–H and O–H groups in total. The lowest BCUT2D eigenvalue weighted by Gasteiger charge is -1.94. The van der Waals surface area contributed by atoms with Gasteiger partial charge in [-0.3, -0.25) is 4.98 Å². The van der Waals surface area contributed by atoms with Crippen LogP contribution >= 0.6 is 15.9 Å². The van der Waals surface area contributed by atoms with Crippen LogP contribution in [0.3, 0.4) is 0 Å². The van der Waals surface area contributed by atoms with E-state index in [-0.39, 0.29) is 0 Å². The van der Waals surface area contributed by atoms with Crippen LogP contribution in [0.4, 0.5) is 0 Å². The molecule has 0 atom stereocenters. The van der Waals surface area contributed by atoms with Crippen LogP contribution < -0.4 is 0 Å². The van der Waals surface area contributed by atoms with Crippen molar-refractivity contribution in [3.63, 3.8) is 0 Å². The number of fused-ring (bicyclic) bond motifs is 1. The summed E-state index contributed by atoms with van der Waals surface area (Å²) in [6, 6.07) is 9.84. The zero-order valence-electron chi connectivity index (χ0n) is 8.34. The van der Waals surface area contributed by atoms with Crippen LogP contribution in [0, 0.1) is 0 Å². The molecule has 0 saturated heterocycles. The second-order valence-corrected chi connectivity index (χ2v) is 4.37. The minimum absolute atomic E-state index is 0.881. The Bertz CT molecular complexity index is 595. The standard InChI is InChI=1S/C12H8BrN3/c13-9-4-5-10(14-7-9)11-8-16-6-2-1-3-12(16)15-11/h1-8H. The number of halogens is 1. The first-order chi connectivity index (χ1) is 7.83. The van der Waals surface area contributed by atoms with E-state index in [1.54, 1.807) is 6.20 Å². The maximum Gasteiger partial charge on any atom is 0.137 e. The van der Waals surface area contributed by atoms with Gasteiger partial charge in [0.25, 0.3) is 0 Å². The largest absolute Gasteiger partial charge is 0.306 e. The average Bonchev–Trinajstić information content (AvgIpc) is 2.73. The summed E-state index contributed by atoms with van der Waals surface area (Å²) in [7, 11) is 0. The molecule has 78 valence electrons. The molecule has 3 aromatic heterocycles. The maximum atomic E-state index is 4.50. The normalized spacial score (nSPS) is 10.8. The first-order valence-corrected chi connectivity index (χ1v) is 5.68. The Kier molecular flexibility index (Phi) is 2.22. The Morgan fingerprint density at radius 1 is 1.06 bits per heavy atom. The van der Waals surface area contributed by atoms with Crippen molar-refractivity contribution in [1.29, 1.82) is 0 Å².